The van der Waals surface area contributed by atoms with Crippen molar-refractivity contribution in [1.82, 2.24) is 9.80 Å². The number of ether oxygens (including phenoxy) is 1. The molecule has 6 nitrogen and oxygen atoms in total. The van der Waals surface area contributed by atoms with E-state index in [0.717, 1.165) is 37.1 Å². The first-order valence-corrected chi connectivity index (χ1v) is 9.70. The van der Waals surface area contributed by atoms with Crippen molar-refractivity contribution >= 4 is 12.1 Å². The van der Waals surface area contributed by atoms with E-state index in [1.54, 1.807) is 20.8 Å². The highest BCUT2D eigenvalue weighted by atomic mass is 16.6. The Morgan fingerprint density at radius 3 is 2.33 bits per heavy atom. The van der Waals surface area contributed by atoms with Crippen LogP contribution in [0.5, 0.6) is 0 Å². The lowest BCUT2D eigenvalue weighted by Crippen LogP contribution is -2.46. The maximum absolute atomic E-state index is 12.6. The van der Waals surface area contributed by atoms with E-state index >= 15 is 0 Å². The number of rotatable bonds is 2. The zero-order valence-electron chi connectivity index (χ0n) is 16.7. The van der Waals surface area contributed by atoms with E-state index in [-0.39, 0.29) is 0 Å². The van der Waals surface area contributed by atoms with Gasteiger partial charge >= 0.3 is 12.1 Å². The van der Waals surface area contributed by atoms with Crippen molar-refractivity contribution in [3.8, 4) is 0 Å². The van der Waals surface area contributed by atoms with E-state index in [1.807, 2.05) is 12.1 Å². The molecular weight excluding hydrogens is 344 g/mol. The number of hydrogen-bond donors (Lipinski definition) is 1. The molecule has 0 saturated carbocycles. The third kappa shape index (κ3) is 4.26. The van der Waals surface area contributed by atoms with Crippen LogP contribution in [0, 0.1) is 0 Å². The first-order chi connectivity index (χ1) is 12.7. The number of likely N-dealkylation sites (tertiary alicyclic amines) is 1. The third-order valence-corrected chi connectivity index (χ3v) is 5.48. The SMILES string of the molecule is CN1CCC(c2cccc3c2CCN(C(=O)OC(C)(C)C)C3C(=O)O)CC1. The molecule has 1 amide bonds. The van der Waals surface area contributed by atoms with E-state index in [2.05, 4.69) is 18.0 Å². The van der Waals surface area contributed by atoms with Crippen molar-refractivity contribution in [2.45, 2.75) is 57.6 Å². The van der Waals surface area contributed by atoms with E-state index in [4.69, 9.17) is 4.74 Å². The summed E-state index contributed by atoms with van der Waals surface area (Å²) in [5, 5.41) is 9.88. The second kappa shape index (κ2) is 7.50. The molecule has 27 heavy (non-hydrogen) atoms. The summed E-state index contributed by atoms with van der Waals surface area (Å²) >= 11 is 0. The van der Waals surface area contributed by atoms with Crippen LogP contribution in [0.15, 0.2) is 18.2 Å². The van der Waals surface area contributed by atoms with Crippen LogP contribution in [0.4, 0.5) is 4.79 Å². The number of amides is 1. The van der Waals surface area contributed by atoms with Crippen LogP contribution in [-0.4, -0.2) is 59.3 Å². The molecule has 3 rings (SSSR count). The highest BCUT2D eigenvalue weighted by Crippen LogP contribution is 2.38. The molecule has 0 radical (unpaired) electrons. The summed E-state index contributed by atoms with van der Waals surface area (Å²) in [6.07, 6.45) is 2.27. The molecule has 1 unspecified atom stereocenters. The van der Waals surface area contributed by atoms with Crippen LogP contribution in [0.1, 0.15) is 62.3 Å². The molecule has 1 aromatic rings. The standard InChI is InChI=1S/C21H30N2O4/c1-21(2,3)27-20(26)23-13-10-16-15(14-8-11-22(4)12-9-14)6-5-7-17(16)18(23)19(24)25/h5-7,14,18H,8-13H2,1-4H3,(H,24,25). The Balaban J connectivity index is 1.92. The average Bonchev–Trinajstić information content (AvgIpc) is 2.59. The van der Waals surface area contributed by atoms with Gasteiger partial charge in [0, 0.05) is 6.54 Å². The summed E-state index contributed by atoms with van der Waals surface area (Å²) in [6.45, 7) is 7.84. The second-order valence-corrected chi connectivity index (χ2v) is 8.66. The zero-order valence-corrected chi connectivity index (χ0v) is 16.7. The van der Waals surface area contributed by atoms with Gasteiger partial charge in [-0.25, -0.2) is 9.59 Å². The van der Waals surface area contributed by atoms with E-state index in [1.165, 1.54) is 10.5 Å². The molecule has 0 bridgehead atoms. The van der Waals surface area contributed by atoms with Gasteiger partial charge in [0.15, 0.2) is 6.04 Å². The van der Waals surface area contributed by atoms with E-state index < -0.39 is 23.7 Å². The summed E-state index contributed by atoms with van der Waals surface area (Å²) in [5.74, 6) is -0.555. The Kier molecular flexibility index (Phi) is 5.47. The number of carbonyl (C=O) groups excluding carboxylic acids is 1. The summed E-state index contributed by atoms with van der Waals surface area (Å²) in [5.41, 5.74) is 2.45. The van der Waals surface area contributed by atoms with Crippen LogP contribution in [-0.2, 0) is 16.0 Å². The quantitative estimate of drug-likeness (QED) is 0.859. The topological polar surface area (TPSA) is 70.1 Å². The molecular formula is C21H30N2O4. The number of piperidine rings is 1. The summed E-state index contributed by atoms with van der Waals surface area (Å²) in [6, 6.07) is 4.93. The van der Waals surface area contributed by atoms with Gasteiger partial charge in [-0.1, -0.05) is 18.2 Å². The fraction of sp³-hybridized carbons (Fsp3) is 0.619. The molecule has 2 aliphatic heterocycles. The number of nitrogens with zero attached hydrogens (tertiary/aromatic N) is 2. The Hall–Kier alpha value is -2.08. The Morgan fingerprint density at radius 1 is 1.11 bits per heavy atom. The Morgan fingerprint density at radius 2 is 1.74 bits per heavy atom. The highest BCUT2D eigenvalue weighted by molar-refractivity contribution is 5.83. The van der Waals surface area contributed by atoms with Gasteiger partial charge in [-0.15, -0.1) is 0 Å². The number of benzene rings is 1. The minimum absolute atomic E-state index is 0.364. The van der Waals surface area contributed by atoms with Crippen LogP contribution in [0.3, 0.4) is 0 Å². The van der Waals surface area contributed by atoms with Crippen LogP contribution in [0.2, 0.25) is 0 Å². The monoisotopic (exact) mass is 374 g/mol. The molecule has 0 aromatic heterocycles. The molecule has 148 valence electrons. The van der Waals surface area contributed by atoms with Crippen molar-refractivity contribution < 1.29 is 19.4 Å². The maximum atomic E-state index is 12.6. The smallest absolute Gasteiger partial charge is 0.411 e. The minimum atomic E-state index is -1.01. The fourth-order valence-electron chi connectivity index (χ4n) is 4.18. The van der Waals surface area contributed by atoms with Crippen molar-refractivity contribution in [2.75, 3.05) is 26.7 Å². The number of carboxylic acids is 1. The zero-order chi connectivity index (χ0) is 19.8. The van der Waals surface area contributed by atoms with Gasteiger partial charge in [-0.2, -0.15) is 0 Å². The largest absolute Gasteiger partial charge is 0.479 e. The normalized spacial score (nSPS) is 21.6. The average molecular weight is 374 g/mol. The minimum Gasteiger partial charge on any atom is -0.479 e. The van der Waals surface area contributed by atoms with Gasteiger partial charge < -0.3 is 14.7 Å². The van der Waals surface area contributed by atoms with Gasteiger partial charge in [-0.3, -0.25) is 4.90 Å². The molecule has 1 aromatic carbocycles. The van der Waals surface area contributed by atoms with Crippen molar-refractivity contribution in [3.05, 3.63) is 34.9 Å². The molecule has 1 fully saturated rings. The van der Waals surface area contributed by atoms with Gasteiger partial charge in [0.05, 0.1) is 0 Å². The number of aliphatic carboxylic acids is 1. The Bertz CT molecular complexity index is 717. The fourth-order valence-corrected chi connectivity index (χ4v) is 4.18. The molecule has 1 saturated heterocycles. The molecule has 0 aliphatic carbocycles. The summed E-state index contributed by atoms with van der Waals surface area (Å²) in [4.78, 5) is 28.4. The predicted molar refractivity (Wildman–Crippen MR) is 103 cm³/mol. The lowest BCUT2D eigenvalue weighted by atomic mass is 9.81. The van der Waals surface area contributed by atoms with Crippen molar-refractivity contribution in [2.24, 2.45) is 0 Å². The Labute approximate surface area is 161 Å². The summed E-state index contributed by atoms with van der Waals surface area (Å²) in [7, 11) is 2.13. The van der Waals surface area contributed by atoms with Gasteiger partial charge in [0.2, 0.25) is 0 Å². The molecule has 1 atom stereocenters. The first kappa shape index (κ1) is 19.7. The van der Waals surface area contributed by atoms with E-state index in [0.29, 0.717) is 18.9 Å². The van der Waals surface area contributed by atoms with E-state index in [9.17, 15) is 14.7 Å². The van der Waals surface area contributed by atoms with Crippen LogP contribution >= 0.6 is 0 Å². The number of hydrogen-bond acceptors (Lipinski definition) is 4. The second-order valence-electron chi connectivity index (χ2n) is 8.66. The van der Waals surface area contributed by atoms with Gasteiger partial charge in [0.25, 0.3) is 0 Å². The molecule has 2 aliphatic rings. The van der Waals surface area contributed by atoms with Crippen molar-refractivity contribution in [1.29, 1.82) is 0 Å². The number of carboxylic acid groups (broad SMARTS) is 1. The molecule has 1 N–H and O–H groups in total. The van der Waals surface area contributed by atoms with Crippen LogP contribution < -0.4 is 0 Å². The number of fused-ring (bicyclic) bond motifs is 1. The first-order valence-electron chi connectivity index (χ1n) is 9.70. The summed E-state index contributed by atoms with van der Waals surface area (Å²) < 4.78 is 5.45. The van der Waals surface area contributed by atoms with Gasteiger partial charge in [0.1, 0.15) is 5.60 Å². The van der Waals surface area contributed by atoms with Crippen molar-refractivity contribution in [3.63, 3.8) is 0 Å². The maximum Gasteiger partial charge on any atom is 0.411 e. The predicted octanol–water partition coefficient (Wildman–Crippen LogP) is 3.41. The van der Waals surface area contributed by atoms with Gasteiger partial charge in [-0.05, 0) is 82.8 Å². The molecule has 2 heterocycles. The third-order valence-electron chi connectivity index (χ3n) is 5.48. The van der Waals surface area contributed by atoms with Crippen LogP contribution in [0.25, 0.3) is 0 Å². The lowest BCUT2D eigenvalue weighted by molar-refractivity contribution is -0.143. The molecule has 0 spiro atoms. The molecule has 6 heteroatoms. The lowest BCUT2D eigenvalue weighted by Gasteiger charge is -2.38. The number of carbonyl (C=O) groups is 2. The highest BCUT2D eigenvalue weighted by Gasteiger charge is 2.39.